The fourth-order valence-corrected chi connectivity index (χ4v) is 3.75. The van der Waals surface area contributed by atoms with Crippen molar-refractivity contribution in [3.05, 3.63) is 30.0 Å². The molecular weight excluding hydrogens is 316 g/mol. The number of hydrogen-bond acceptors (Lipinski definition) is 4. The van der Waals surface area contributed by atoms with Crippen LogP contribution in [0.25, 0.3) is 10.9 Å². The SMILES string of the molecule is COCCNC(=O)C1(C)CCCN(Cc2c3ccccc3nn2C)C1. The number of likely N-dealkylation sites (tertiary alicyclic amines) is 1. The van der Waals surface area contributed by atoms with E-state index in [1.54, 1.807) is 7.11 Å². The number of piperidine rings is 1. The Bertz CT molecular complexity index is 742. The second-order valence-corrected chi connectivity index (χ2v) is 7.21. The molecule has 25 heavy (non-hydrogen) atoms. The van der Waals surface area contributed by atoms with Crippen LogP contribution in [0.3, 0.4) is 0 Å². The highest BCUT2D eigenvalue weighted by atomic mass is 16.5. The first-order valence-electron chi connectivity index (χ1n) is 8.94. The number of carbonyl (C=O) groups is 1. The maximum atomic E-state index is 12.6. The van der Waals surface area contributed by atoms with Gasteiger partial charge in [-0.1, -0.05) is 18.2 Å². The van der Waals surface area contributed by atoms with E-state index in [0.29, 0.717) is 13.2 Å². The molecule has 1 aliphatic rings. The summed E-state index contributed by atoms with van der Waals surface area (Å²) >= 11 is 0. The van der Waals surface area contributed by atoms with E-state index in [1.807, 2.05) is 23.9 Å². The highest BCUT2D eigenvalue weighted by Gasteiger charge is 2.37. The van der Waals surface area contributed by atoms with Crippen LogP contribution in [-0.4, -0.2) is 53.9 Å². The van der Waals surface area contributed by atoms with Crippen LogP contribution in [0, 0.1) is 5.41 Å². The first kappa shape index (κ1) is 17.9. The molecule has 1 amide bonds. The van der Waals surface area contributed by atoms with Crippen LogP contribution < -0.4 is 5.32 Å². The highest BCUT2D eigenvalue weighted by Crippen LogP contribution is 2.31. The normalized spacial score (nSPS) is 21.6. The van der Waals surface area contributed by atoms with Crippen molar-refractivity contribution in [1.29, 1.82) is 0 Å². The second kappa shape index (κ2) is 7.54. The van der Waals surface area contributed by atoms with Gasteiger partial charge in [-0.2, -0.15) is 5.10 Å². The van der Waals surface area contributed by atoms with E-state index in [-0.39, 0.29) is 11.3 Å². The number of aryl methyl sites for hydroxylation is 1. The lowest BCUT2D eigenvalue weighted by Crippen LogP contribution is -2.50. The number of rotatable bonds is 6. The number of methoxy groups -OCH3 is 1. The largest absolute Gasteiger partial charge is 0.383 e. The molecule has 2 aromatic rings. The van der Waals surface area contributed by atoms with Gasteiger partial charge in [0.1, 0.15) is 0 Å². The molecule has 3 rings (SSSR count). The topological polar surface area (TPSA) is 59.4 Å². The molecule has 1 aromatic heterocycles. The molecule has 1 aromatic carbocycles. The van der Waals surface area contributed by atoms with Crippen LogP contribution in [0.15, 0.2) is 24.3 Å². The van der Waals surface area contributed by atoms with Crippen LogP contribution in [-0.2, 0) is 23.1 Å². The van der Waals surface area contributed by atoms with Gasteiger partial charge in [0.05, 0.1) is 23.2 Å². The quantitative estimate of drug-likeness (QED) is 0.814. The number of fused-ring (bicyclic) bond motifs is 1. The molecule has 1 saturated heterocycles. The summed E-state index contributed by atoms with van der Waals surface area (Å²) in [5.41, 5.74) is 1.89. The van der Waals surface area contributed by atoms with E-state index in [1.165, 1.54) is 11.1 Å². The number of ether oxygens (including phenoxy) is 1. The van der Waals surface area contributed by atoms with Crippen LogP contribution >= 0.6 is 0 Å². The van der Waals surface area contributed by atoms with E-state index in [0.717, 1.165) is 38.0 Å². The molecule has 0 spiro atoms. The summed E-state index contributed by atoms with van der Waals surface area (Å²) in [6.07, 6.45) is 1.96. The first-order chi connectivity index (χ1) is 12.0. The maximum Gasteiger partial charge on any atom is 0.227 e. The summed E-state index contributed by atoms with van der Waals surface area (Å²) in [4.78, 5) is 15.0. The van der Waals surface area contributed by atoms with Gasteiger partial charge in [0.15, 0.2) is 0 Å². The lowest BCUT2D eigenvalue weighted by Gasteiger charge is -2.39. The van der Waals surface area contributed by atoms with Crippen molar-refractivity contribution < 1.29 is 9.53 Å². The standard InChI is InChI=1S/C19H28N4O2/c1-19(18(24)20-10-12-25-3)9-6-11-23(14-19)13-17-15-7-4-5-8-16(15)21-22(17)2/h4-5,7-8H,6,9-14H2,1-3H3,(H,20,24). The van der Waals surface area contributed by atoms with Crippen molar-refractivity contribution in [3.8, 4) is 0 Å². The average Bonchev–Trinajstić information content (AvgIpc) is 2.91. The Morgan fingerprint density at radius 1 is 1.40 bits per heavy atom. The molecule has 1 unspecified atom stereocenters. The minimum Gasteiger partial charge on any atom is -0.383 e. The van der Waals surface area contributed by atoms with Crippen LogP contribution in [0.5, 0.6) is 0 Å². The Morgan fingerprint density at radius 2 is 2.20 bits per heavy atom. The van der Waals surface area contributed by atoms with Gasteiger partial charge < -0.3 is 10.1 Å². The zero-order valence-electron chi connectivity index (χ0n) is 15.4. The Kier molecular flexibility index (Phi) is 5.39. The van der Waals surface area contributed by atoms with E-state index >= 15 is 0 Å². The fraction of sp³-hybridized carbons (Fsp3) is 0.579. The van der Waals surface area contributed by atoms with Crippen molar-refractivity contribution >= 4 is 16.8 Å². The van der Waals surface area contributed by atoms with Gasteiger partial charge in [0.25, 0.3) is 0 Å². The van der Waals surface area contributed by atoms with Gasteiger partial charge in [-0.3, -0.25) is 14.4 Å². The summed E-state index contributed by atoms with van der Waals surface area (Å²) in [6.45, 7) is 5.79. The van der Waals surface area contributed by atoms with Gasteiger partial charge in [-0.05, 0) is 32.4 Å². The zero-order valence-corrected chi connectivity index (χ0v) is 15.4. The predicted molar refractivity (Wildman–Crippen MR) is 98.2 cm³/mol. The van der Waals surface area contributed by atoms with Crippen molar-refractivity contribution in [2.45, 2.75) is 26.3 Å². The first-order valence-corrected chi connectivity index (χ1v) is 8.94. The predicted octanol–water partition coefficient (Wildman–Crippen LogP) is 1.94. The Hall–Kier alpha value is -1.92. The molecule has 6 heteroatoms. The number of carbonyl (C=O) groups excluding carboxylic acids is 1. The van der Waals surface area contributed by atoms with Crippen molar-refractivity contribution in [2.24, 2.45) is 12.5 Å². The average molecular weight is 344 g/mol. The Morgan fingerprint density at radius 3 is 3.00 bits per heavy atom. The van der Waals surface area contributed by atoms with Gasteiger partial charge in [-0.25, -0.2) is 0 Å². The third kappa shape index (κ3) is 3.85. The van der Waals surface area contributed by atoms with Gasteiger partial charge >= 0.3 is 0 Å². The molecule has 136 valence electrons. The molecule has 6 nitrogen and oxygen atoms in total. The third-order valence-corrected chi connectivity index (χ3v) is 5.15. The van der Waals surface area contributed by atoms with Gasteiger partial charge in [0.2, 0.25) is 5.91 Å². The number of nitrogens with one attached hydrogen (secondary N) is 1. The molecule has 2 heterocycles. The second-order valence-electron chi connectivity index (χ2n) is 7.21. The van der Waals surface area contributed by atoms with Crippen LogP contribution in [0.2, 0.25) is 0 Å². The number of benzene rings is 1. The van der Waals surface area contributed by atoms with Crippen LogP contribution in [0.4, 0.5) is 0 Å². The van der Waals surface area contributed by atoms with Crippen molar-refractivity contribution in [3.63, 3.8) is 0 Å². The number of nitrogens with zero attached hydrogens (tertiary/aromatic N) is 3. The Labute approximate surface area is 149 Å². The van der Waals surface area contributed by atoms with E-state index in [2.05, 4.69) is 34.4 Å². The van der Waals surface area contributed by atoms with E-state index < -0.39 is 0 Å². The van der Waals surface area contributed by atoms with Crippen molar-refractivity contribution in [2.75, 3.05) is 33.4 Å². The fourth-order valence-electron chi connectivity index (χ4n) is 3.75. The monoisotopic (exact) mass is 344 g/mol. The number of hydrogen-bond donors (Lipinski definition) is 1. The third-order valence-electron chi connectivity index (χ3n) is 5.15. The lowest BCUT2D eigenvalue weighted by molar-refractivity contribution is -0.133. The summed E-state index contributed by atoms with van der Waals surface area (Å²) in [5, 5.41) is 8.80. The molecule has 0 aliphatic carbocycles. The molecule has 1 atom stereocenters. The van der Waals surface area contributed by atoms with Gasteiger partial charge in [0, 0.05) is 39.2 Å². The minimum absolute atomic E-state index is 0.129. The minimum atomic E-state index is -0.347. The molecule has 1 fully saturated rings. The summed E-state index contributed by atoms with van der Waals surface area (Å²) in [7, 11) is 3.64. The lowest BCUT2D eigenvalue weighted by atomic mass is 9.81. The number of amides is 1. The molecule has 0 radical (unpaired) electrons. The highest BCUT2D eigenvalue weighted by molar-refractivity contribution is 5.83. The number of aromatic nitrogens is 2. The molecule has 0 saturated carbocycles. The smallest absolute Gasteiger partial charge is 0.227 e. The maximum absolute atomic E-state index is 12.6. The molecule has 1 aliphatic heterocycles. The molecule has 0 bridgehead atoms. The zero-order chi connectivity index (χ0) is 17.9. The Balaban J connectivity index is 1.70. The molecule has 1 N–H and O–H groups in total. The van der Waals surface area contributed by atoms with E-state index in [4.69, 9.17) is 4.74 Å². The van der Waals surface area contributed by atoms with Gasteiger partial charge in [-0.15, -0.1) is 0 Å². The molecular formula is C19H28N4O2. The summed E-state index contributed by atoms with van der Waals surface area (Å²) in [5.74, 6) is 0.129. The van der Waals surface area contributed by atoms with Crippen molar-refractivity contribution in [1.82, 2.24) is 20.0 Å². The summed E-state index contributed by atoms with van der Waals surface area (Å²) < 4.78 is 6.99. The van der Waals surface area contributed by atoms with E-state index in [9.17, 15) is 4.79 Å². The van der Waals surface area contributed by atoms with Crippen LogP contribution in [0.1, 0.15) is 25.5 Å². The summed E-state index contributed by atoms with van der Waals surface area (Å²) in [6, 6.07) is 8.24.